The van der Waals surface area contributed by atoms with Gasteiger partial charge in [-0.3, -0.25) is 0 Å². The highest BCUT2D eigenvalue weighted by molar-refractivity contribution is 6.92. The molecule has 0 amide bonds. The van der Waals surface area contributed by atoms with Crippen LogP contribution in [0.15, 0.2) is 158 Å². The lowest BCUT2D eigenvalue weighted by Gasteiger charge is -2.43. The lowest BCUT2D eigenvalue weighted by atomic mass is 9.43. The predicted molar refractivity (Wildman–Crippen MR) is 189 cm³/mol. The van der Waals surface area contributed by atoms with Crippen molar-refractivity contribution in [1.82, 2.24) is 0 Å². The van der Waals surface area contributed by atoms with Gasteiger partial charge in [-0.05, 0) is 83.7 Å². The third kappa shape index (κ3) is 3.20. The van der Waals surface area contributed by atoms with Gasteiger partial charge in [0.25, 0.3) is 0 Å². The van der Waals surface area contributed by atoms with E-state index in [0.717, 1.165) is 0 Å². The van der Waals surface area contributed by atoms with Gasteiger partial charge >= 0.3 is 6.85 Å². The van der Waals surface area contributed by atoms with Crippen LogP contribution in [0.5, 0.6) is 0 Å². The fraction of sp³-hybridized carbons (Fsp3) is 0. The SMILES string of the molecule is c1ccc2c(c1)B1c3ccccc3-c3ccc(-c4ccc5c6ccccc6c6ccccc6c5c4)cc3N1c1ccccc1-2. The number of rotatable bonds is 1. The number of benzene rings is 8. The molecule has 2 heterocycles. The molecule has 0 atom stereocenters. The van der Waals surface area contributed by atoms with E-state index in [-0.39, 0.29) is 6.85 Å². The average molecular weight is 555 g/mol. The maximum Gasteiger partial charge on any atom is 0.329 e. The fourth-order valence-corrected chi connectivity index (χ4v) is 7.95. The minimum Gasteiger partial charge on any atom is -0.376 e. The molecule has 0 radical (unpaired) electrons. The first-order valence-corrected chi connectivity index (χ1v) is 15.4. The van der Waals surface area contributed by atoms with E-state index in [1.807, 2.05) is 0 Å². The Kier molecular flexibility index (Phi) is 4.87. The van der Waals surface area contributed by atoms with Crippen molar-refractivity contribution in [2.45, 2.75) is 0 Å². The molecule has 1 nitrogen and oxygen atoms in total. The zero-order valence-corrected chi connectivity index (χ0v) is 24.0. The second-order valence-corrected chi connectivity index (χ2v) is 12.0. The highest BCUT2D eigenvalue weighted by Crippen LogP contribution is 2.47. The van der Waals surface area contributed by atoms with Crippen LogP contribution in [0, 0.1) is 0 Å². The molecule has 0 unspecified atom stereocenters. The quantitative estimate of drug-likeness (QED) is 0.144. The molecule has 0 aliphatic carbocycles. The van der Waals surface area contributed by atoms with E-state index in [0.29, 0.717) is 0 Å². The largest absolute Gasteiger partial charge is 0.376 e. The molecule has 0 spiro atoms. The van der Waals surface area contributed by atoms with Crippen molar-refractivity contribution in [2.75, 3.05) is 4.81 Å². The van der Waals surface area contributed by atoms with Crippen molar-refractivity contribution in [2.24, 2.45) is 0 Å². The van der Waals surface area contributed by atoms with Crippen molar-refractivity contribution in [3.63, 3.8) is 0 Å². The minimum atomic E-state index is 0.118. The Bertz CT molecular complexity index is 2440. The zero-order valence-electron chi connectivity index (χ0n) is 24.0. The highest BCUT2D eigenvalue weighted by Gasteiger charge is 2.41. The van der Waals surface area contributed by atoms with Crippen molar-refractivity contribution >= 4 is 61.5 Å². The van der Waals surface area contributed by atoms with Crippen LogP contribution in [0.25, 0.3) is 65.7 Å². The second kappa shape index (κ2) is 8.95. The average Bonchev–Trinajstić information content (AvgIpc) is 3.11. The van der Waals surface area contributed by atoms with Gasteiger partial charge in [-0.25, -0.2) is 0 Å². The maximum atomic E-state index is 2.59. The van der Waals surface area contributed by atoms with Gasteiger partial charge in [0, 0.05) is 22.5 Å². The van der Waals surface area contributed by atoms with Gasteiger partial charge in [-0.15, -0.1) is 0 Å². The molecule has 10 rings (SSSR count). The molecule has 0 fully saturated rings. The summed E-state index contributed by atoms with van der Waals surface area (Å²) in [6.07, 6.45) is 0. The Balaban J connectivity index is 1.24. The summed E-state index contributed by atoms with van der Waals surface area (Å²) in [5.74, 6) is 0. The number of nitrogens with zero attached hydrogens (tertiary/aromatic N) is 1. The molecule has 0 aromatic heterocycles. The Labute approximate surface area is 256 Å². The standard InChI is InChI=1S/C42H26BN/c1-2-13-31-29(11-1)30-12-3-4-14-32(30)38-25-27(21-23-33(31)38)28-22-24-37-35-16-6-9-19-40(35)43-39-18-8-5-15-34(39)36-17-7-10-20-41(36)44(43)42(37)26-28/h1-26H. The molecule has 0 N–H and O–H groups in total. The molecule has 202 valence electrons. The Hall–Kier alpha value is -5.60. The normalized spacial score (nSPS) is 12.9. The van der Waals surface area contributed by atoms with Crippen molar-refractivity contribution in [3.8, 4) is 33.4 Å². The van der Waals surface area contributed by atoms with Crippen LogP contribution in [-0.4, -0.2) is 6.85 Å². The van der Waals surface area contributed by atoms with E-state index in [2.05, 4.69) is 163 Å². The van der Waals surface area contributed by atoms with Crippen LogP contribution in [0.3, 0.4) is 0 Å². The summed E-state index contributed by atoms with van der Waals surface area (Å²) in [4.78, 5) is 2.59. The topological polar surface area (TPSA) is 3.24 Å². The Morgan fingerprint density at radius 1 is 0.318 bits per heavy atom. The van der Waals surface area contributed by atoms with Gasteiger partial charge in [0.05, 0.1) is 0 Å². The first-order chi connectivity index (χ1) is 21.8. The van der Waals surface area contributed by atoms with Gasteiger partial charge in [-0.1, -0.05) is 140 Å². The molecule has 2 heteroatoms. The number of hydrogen-bond acceptors (Lipinski definition) is 1. The van der Waals surface area contributed by atoms with Gasteiger partial charge in [0.2, 0.25) is 0 Å². The molecular formula is C42H26BN. The molecule has 0 saturated heterocycles. The third-order valence-electron chi connectivity index (χ3n) is 9.85. The fourth-order valence-electron chi connectivity index (χ4n) is 7.95. The summed E-state index contributed by atoms with van der Waals surface area (Å²) in [6.45, 7) is 0.118. The van der Waals surface area contributed by atoms with Gasteiger partial charge < -0.3 is 4.81 Å². The lowest BCUT2D eigenvalue weighted by Crippen LogP contribution is -2.59. The molecule has 8 aromatic carbocycles. The summed E-state index contributed by atoms with van der Waals surface area (Å²) in [6, 6.07) is 58.5. The number of para-hydroxylation sites is 1. The first-order valence-electron chi connectivity index (χ1n) is 15.4. The molecule has 2 aliphatic heterocycles. The first kappa shape index (κ1) is 23.9. The van der Waals surface area contributed by atoms with Crippen LogP contribution in [0.4, 0.5) is 11.4 Å². The monoisotopic (exact) mass is 555 g/mol. The van der Waals surface area contributed by atoms with E-state index in [1.165, 1.54) is 88.0 Å². The van der Waals surface area contributed by atoms with E-state index in [1.54, 1.807) is 0 Å². The van der Waals surface area contributed by atoms with E-state index >= 15 is 0 Å². The van der Waals surface area contributed by atoms with Crippen molar-refractivity contribution in [1.29, 1.82) is 0 Å². The third-order valence-corrected chi connectivity index (χ3v) is 9.85. The van der Waals surface area contributed by atoms with Crippen LogP contribution < -0.4 is 15.7 Å². The number of hydrogen-bond donors (Lipinski definition) is 0. The molecular weight excluding hydrogens is 529 g/mol. The Morgan fingerprint density at radius 3 is 1.43 bits per heavy atom. The van der Waals surface area contributed by atoms with Gasteiger partial charge in [-0.2, -0.15) is 0 Å². The van der Waals surface area contributed by atoms with Crippen molar-refractivity contribution in [3.05, 3.63) is 158 Å². The minimum absolute atomic E-state index is 0.118. The molecule has 0 saturated carbocycles. The van der Waals surface area contributed by atoms with Crippen molar-refractivity contribution < 1.29 is 0 Å². The van der Waals surface area contributed by atoms with Crippen LogP contribution >= 0.6 is 0 Å². The smallest absolute Gasteiger partial charge is 0.329 e. The Morgan fingerprint density at radius 2 is 0.773 bits per heavy atom. The number of fused-ring (bicyclic) bond motifs is 17. The number of anilines is 2. The predicted octanol–water partition coefficient (Wildman–Crippen LogP) is 9.72. The molecule has 2 aliphatic rings. The van der Waals surface area contributed by atoms with Crippen LogP contribution in [0.2, 0.25) is 0 Å². The molecule has 44 heavy (non-hydrogen) atoms. The summed E-state index contributed by atoms with van der Waals surface area (Å²) in [5.41, 5.74) is 12.9. The molecule has 0 bridgehead atoms. The van der Waals surface area contributed by atoms with E-state index < -0.39 is 0 Å². The van der Waals surface area contributed by atoms with E-state index in [4.69, 9.17) is 0 Å². The van der Waals surface area contributed by atoms with E-state index in [9.17, 15) is 0 Å². The zero-order chi connectivity index (χ0) is 28.8. The van der Waals surface area contributed by atoms with Gasteiger partial charge in [0.1, 0.15) is 0 Å². The maximum absolute atomic E-state index is 2.59. The lowest BCUT2D eigenvalue weighted by molar-refractivity contribution is 1.35. The van der Waals surface area contributed by atoms with Crippen LogP contribution in [0.1, 0.15) is 0 Å². The molecule has 8 aromatic rings. The summed E-state index contributed by atoms with van der Waals surface area (Å²) < 4.78 is 0. The summed E-state index contributed by atoms with van der Waals surface area (Å²) in [5, 5.41) is 7.83. The van der Waals surface area contributed by atoms with Crippen LogP contribution in [-0.2, 0) is 0 Å². The highest BCUT2D eigenvalue weighted by atomic mass is 15.1. The summed E-state index contributed by atoms with van der Waals surface area (Å²) >= 11 is 0. The van der Waals surface area contributed by atoms with Gasteiger partial charge in [0.15, 0.2) is 0 Å². The summed E-state index contributed by atoms with van der Waals surface area (Å²) in [7, 11) is 0. The second-order valence-electron chi connectivity index (χ2n) is 12.0.